The van der Waals surface area contributed by atoms with Crippen molar-refractivity contribution in [2.45, 2.75) is 75.9 Å². The molecule has 0 aliphatic carbocycles. The summed E-state index contributed by atoms with van der Waals surface area (Å²) in [6.45, 7) is 18.2. The fourth-order valence-electron chi connectivity index (χ4n) is 4.00. The van der Waals surface area contributed by atoms with Crippen molar-refractivity contribution in [2.75, 3.05) is 0 Å². The molecular formula is C25H33F2NS. The Morgan fingerprint density at radius 3 is 2.59 bits per heavy atom. The van der Waals surface area contributed by atoms with Crippen LogP contribution in [0.25, 0.3) is 0 Å². The van der Waals surface area contributed by atoms with Gasteiger partial charge >= 0.3 is 0 Å². The van der Waals surface area contributed by atoms with Crippen LogP contribution in [0.1, 0.15) is 70.4 Å². The number of benzene rings is 1. The first kappa shape index (κ1) is 23.6. The number of nitrogens with zero attached hydrogens (tertiary/aromatic N) is 1. The lowest BCUT2D eigenvalue weighted by molar-refractivity contribution is 0.120. The summed E-state index contributed by atoms with van der Waals surface area (Å²) in [7, 11) is 0. The van der Waals surface area contributed by atoms with Gasteiger partial charge in [0.15, 0.2) is 0 Å². The van der Waals surface area contributed by atoms with E-state index in [1.54, 1.807) is 18.7 Å². The van der Waals surface area contributed by atoms with E-state index in [1.165, 1.54) is 0 Å². The Morgan fingerprint density at radius 1 is 1.31 bits per heavy atom. The summed E-state index contributed by atoms with van der Waals surface area (Å²) in [5, 5.41) is 0.155. The highest BCUT2D eigenvalue weighted by Crippen LogP contribution is 2.47. The zero-order valence-corrected chi connectivity index (χ0v) is 19.0. The maximum Gasteiger partial charge on any atom is 0.245 e. The number of aliphatic imine (C=N–C) groups is 1. The molecule has 0 saturated heterocycles. The molecule has 0 spiro atoms. The minimum Gasteiger partial charge on any atom is -0.258 e. The normalized spacial score (nSPS) is 23.7. The van der Waals surface area contributed by atoms with Crippen molar-refractivity contribution in [3.63, 3.8) is 0 Å². The molecule has 4 atom stereocenters. The Balaban J connectivity index is 2.48. The molecule has 1 nitrogen and oxygen atoms in total. The maximum atomic E-state index is 13.5. The van der Waals surface area contributed by atoms with Crippen LogP contribution in [0.2, 0.25) is 0 Å². The average molecular weight is 418 g/mol. The van der Waals surface area contributed by atoms with Gasteiger partial charge in [-0.15, -0.1) is 11.8 Å². The van der Waals surface area contributed by atoms with Gasteiger partial charge in [-0.05, 0) is 55.9 Å². The van der Waals surface area contributed by atoms with E-state index in [1.807, 2.05) is 31.2 Å². The predicted molar refractivity (Wildman–Crippen MR) is 124 cm³/mol. The van der Waals surface area contributed by atoms with Gasteiger partial charge in [0.2, 0.25) is 6.43 Å². The van der Waals surface area contributed by atoms with Crippen molar-refractivity contribution < 1.29 is 8.78 Å². The van der Waals surface area contributed by atoms with Crippen LogP contribution in [0.3, 0.4) is 0 Å². The van der Waals surface area contributed by atoms with Gasteiger partial charge < -0.3 is 0 Å². The summed E-state index contributed by atoms with van der Waals surface area (Å²) < 4.78 is 27.0. The highest BCUT2D eigenvalue weighted by atomic mass is 32.2. The van der Waals surface area contributed by atoms with Gasteiger partial charge in [-0.25, -0.2) is 8.78 Å². The molecule has 1 aromatic rings. The number of hydrogen-bond acceptors (Lipinski definition) is 2. The Kier molecular flexibility index (Phi) is 8.45. The van der Waals surface area contributed by atoms with Crippen LogP contribution >= 0.6 is 11.8 Å². The number of alkyl halides is 2. The molecular weight excluding hydrogens is 384 g/mol. The first-order chi connectivity index (χ1) is 13.7. The van der Waals surface area contributed by atoms with Crippen molar-refractivity contribution in [2.24, 2.45) is 10.9 Å². The molecule has 0 amide bonds. The molecule has 29 heavy (non-hydrogen) atoms. The fourth-order valence-corrected chi connectivity index (χ4v) is 5.55. The molecule has 4 unspecified atom stereocenters. The highest BCUT2D eigenvalue weighted by molar-refractivity contribution is 8.00. The molecule has 158 valence electrons. The molecule has 1 heterocycles. The van der Waals surface area contributed by atoms with E-state index < -0.39 is 12.3 Å². The number of halogens is 2. The highest BCUT2D eigenvalue weighted by Gasteiger charge is 2.35. The van der Waals surface area contributed by atoms with Crippen LogP contribution in [0.15, 0.2) is 64.7 Å². The van der Waals surface area contributed by atoms with Crippen LogP contribution in [0.5, 0.6) is 0 Å². The molecule has 0 bridgehead atoms. The van der Waals surface area contributed by atoms with Crippen molar-refractivity contribution >= 4 is 17.5 Å². The van der Waals surface area contributed by atoms with E-state index in [0.29, 0.717) is 0 Å². The van der Waals surface area contributed by atoms with Crippen molar-refractivity contribution in [3.8, 4) is 0 Å². The predicted octanol–water partition coefficient (Wildman–Crippen LogP) is 8.16. The van der Waals surface area contributed by atoms with E-state index in [4.69, 9.17) is 4.99 Å². The summed E-state index contributed by atoms with van der Waals surface area (Å²) in [6, 6.07) is 5.83. The smallest absolute Gasteiger partial charge is 0.245 e. The Labute approximate surface area is 179 Å². The topological polar surface area (TPSA) is 12.4 Å². The quantitative estimate of drug-likeness (QED) is 0.248. The van der Waals surface area contributed by atoms with Crippen LogP contribution in [-0.2, 0) is 0 Å². The van der Waals surface area contributed by atoms with E-state index in [0.717, 1.165) is 45.8 Å². The van der Waals surface area contributed by atoms with Gasteiger partial charge in [0.1, 0.15) is 0 Å². The molecule has 0 fully saturated rings. The van der Waals surface area contributed by atoms with Crippen LogP contribution in [0.4, 0.5) is 8.78 Å². The van der Waals surface area contributed by atoms with E-state index in [9.17, 15) is 8.78 Å². The van der Waals surface area contributed by atoms with Crippen LogP contribution in [0, 0.1) is 5.92 Å². The summed E-state index contributed by atoms with van der Waals surface area (Å²) in [4.78, 5) is 5.85. The molecule has 1 aromatic carbocycles. The van der Waals surface area contributed by atoms with Gasteiger partial charge in [0.05, 0.1) is 5.70 Å². The standard InChI is InChI=1S/C25H33F2NS/c1-8-9-11-17(5)28-19(7)21-14-16(4)23-20(18(6)25(26)27)12-10-13-22(23)29-24(21)15(2)3/h9-13,16,18,21,24-25H,2,5,8,14H2,1,3-4,6-7H3/b11-9-,28-19+. The molecule has 2 rings (SSSR count). The number of allylic oxidation sites excluding steroid dienone is 2. The zero-order chi connectivity index (χ0) is 21.7. The van der Waals surface area contributed by atoms with Crippen molar-refractivity contribution in [1.29, 1.82) is 0 Å². The second-order valence-corrected chi connectivity index (χ2v) is 9.25. The Bertz CT molecular complexity index is 809. The second kappa shape index (κ2) is 10.4. The van der Waals surface area contributed by atoms with Gasteiger partial charge in [0, 0.05) is 27.7 Å². The lowest BCUT2D eigenvalue weighted by Crippen LogP contribution is -2.25. The van der Waals surface area contributed by atoms with E-state index >= 15 is 0 Å². The Morgan fingerprint density at radius 2 is 2.00 bits per heavy atom. The average Bonchev–Trinajstić information content (AvgIpc) is 2.82. The number of fused-ring (bicyclic) bond motifs is 1. The maximum absolute atomic E-state index is 13.5. The van der Waals surface area contributed by atoms with E-state index in [-0.39, 0.29) is 17.1 Å². The van der Waals surface area contributed by atoms with Crippen molar-refractivity contribution in [1.82, 2.24) is 0 Å². The van der Waals surface area contributed by atoms with Crippen LogP contribution < -0.4 is 0 Å². The van der Waals surface area contributed by atoms with Crippen molar-refractivity contribution in [3.05, 3.63) is 65.9 Å². The minimum atomic E-state index is -2.37. The Hall–Kier alpha value is -1.68. The summed E-state index contributed by atoms with van der Waals surface area (Å²) >= 11 is 1.74. The van der Waals surface area contributed by atoms with Gasteiger partial charge in [-0.1, -0.05) is 57.7 Å². The molecule has 0 radical (unpaired) electrons. The zero-order valence-electron chi connectivity index (χ0n) is 18.2. The number of hydrogen-bond donors (Lipinski definition) is 0. The molecule has 4 heteroatoms. The third-order valence-corrected chi connectivity index (χ3v) is 7.17. The third-order valence-electron chi connectivity index (χ3n) is 5.58. The first-order valence-electron chi connectivity index (χ1n) is 10.3. The third kappa shape index (κ3) is 5.69. The number of thioether (sulfide) groups is 1. The molecule has 1 aliphatic heterocycles. The summed E-state index contributed by atoms with van der Waals surface area (Å²) in [5.41, 5.74) is 4.69. The minimum absolute atomic E-state index is 0.155. The molecule has 0 saturated carbocycles. The summed E-state index contributed by atoms with van der Waals surface area (Å²) in [5.74, 6) is -0.434. The van der Waals surface area contributed by atoms with E-state index in [2.05, 4.69) is 40.0 Å². The van der Waals surface area contributed by atoms with Gasteiger partial charge in [-0.3, -0.25) is 4.99 Å². The summed E-state index contributed by atoms with van der Waals surface area (Å²) in [6.07, 6.45) is 3.42. The van der Waals surface area contributed by atoms with Gasteiger partial charge in [0.25, 0.3) is 0 Å². The second-order valence-electron chi connectivity index (χ2n) is 8.07. The first-order valence-corrected chi connectivity index (χ1v) is 11.2. The van der Waals surface area contributed by atoms with Crippen LogP contribution in [-0.4, -0.2) is 17.4 Å². The molecule has 0 N–H and O–H groups in total. The lowest BCUT2D eigenvalue weighted by Gasteiger charge is -2.26. The lowest BCUT2D eigenvalue weighted by atomic mass is 9.81. The monoisotopic (exact) mass is 417 g/mol. The fraction of sp³-hybridized carbons (Fsp3) is 0.480. The SMILES string of the molecule is C=C(/C=C\CC)/N=C(\C)C1CC(C)c2c(cccc2C(C)C(F)F)SC1C(=C)C. The van der Waals surface area contributed by atoms with Gasteiger partial charge in [-0.2, -0.15) is 0 Å². The molecule has 0 aromatic heterocycles. The number of rotatable bonds is 7. The molecule has 1 aliphatic rings. The largest absolute Gasteiger partial charge is 0.258 e.